The summed E-state index contributed by atoms with van der Waals surface area (Å²) in [5.41, 5.74) is 2.32. The number of pyridine rings is 1. The third-order valence-corrected chi connectivity index (χ3v) is 4.58. The highest BCUT2D eigenvalue weighted by atomic mass is 16.2. The van der Waals surface area contributed by atoms with Gasteiger partial charge in [-0.25, -0.2) is 0 Å². The molecule has 130 valence electrons. The molecule has 4 heteroatoms. The molecule has 1 aromatic carbocycles. The van der Waals surface area contributed by atoms with Crippen LogP contribution in [-0.2, 0) is 11.3 Å². The van der Waals surface area contributed by atoms with Crippen LogP contribution in [0.2, 0.25) is 0 Å². The van der Waals surface area contributed by atoms with E-state index in [0.29, 0.717) is 0 Å². The van der Waals surface area contributed by atoms with Crippen molar-refractivity contribution in [1.82, 2.24) is 14.8 Å². The van der Waals surface area contributed by atoms with Crippen molar-refractivity contribution in [3.63, 3.8) is 0 Å². The highest BCUT2D eigenvalue weighted by Crippen LogP contribution is 2.14. The average Bonchev–Trinajstić information content (AvgIpc) is 2.82. The van der Waals surface area contributed by atoms with Crippen LogP contribution in [0.25, 0.3) is 6.08 Å². The molecule has 0 radical (unpaired) electrons. The molecule has 1 aromatic heterocycles. The smallest absolute Gasteiger partial charge is 0.246 e. The summed E-state index contributed by atoms with van der Waals surface area (Å²) in [7, 11) is 0. The number of aromatic nitrogens is 1. The monoisotopic (exact) mass is 335 g/mol. The number of carbonyl (C=O) groups is 1. The fourth-order valence-corrected chi connectivity index (χ4v) is 3.30. The summed E-state index contributed by atoms with van der Waals surface area (Å²) in [5.74, 6) is 0.0888. The van der Waals surface area contributed by atoms with Gasteiger partial charge >= 0.3 is 0 Å². The van der Waals surface area contributed by atoms with Crippen LogP contribution in [0.15, 0.2) is 60.9 Å². The fraction of sp³-hybridized carbons (Fsp3) is 0.333. The van der Waals surface area contributed by atoms with Gasteiger partial charge in [0.25, 0.3) is 0 Å². The molecule has 1 aliphatic rings. The van der Waals surface area contributed by atoms with Crippen molar-refractivity contribution < 1.29 is 4.79 Å². The summed E-state index contributed by atoms with van der Waals surface area (Å²) in [5, 5.41) is 0. The lowest BCUT2D eigenvalue weighted by molar-refractivity contribution is -0.127. The van der Waals surface area contributed by atoms with Crippen molar-refractivity contribution in [1.29, 1.82) is 0 Å². The fourth-order valence-electron chi connectivity index (χ4n) is 3.30. The van der Waals surface area contributed by atoms with E-state index in [4.69, 9.17) is 0 Å². The third kappa shape index (κ3) is 5.00. The second-order valence-electron chi connectivity index (χ2n) is 6.57. The average molecular weight is 335 g/mol. The largest absolute Gasteiger partial charge is 0.335 e. The number of rotatable bonds is 4. The van der Waals surface area contributed by atoms with Crippen LogP contribution in [0.3, 0.4) is 0 Å². The normalized spacial score (nSPS) is 19.1. The van der Waals surface area contributed by atoms with Crippen LogP contribution in [-0.4, -0.2) is 46.4 Å². The first-order valence-electron chi connectivity index (χ1n) is 8.87. The second kappa shape index (κ2) is 8.58. The maximum atomic E-state index is 12.6. The molecule has 4 nitrogen and oxygen atoms in total. The van der Waals surface area contributed by atoms with Gasteiger partial charge in [0.15, 0.2) is 0 Å². The number of benzene rings is 1. The predicted octanol–water partition coefficient (Wildman–Crippen LogP) is 3.22. The molecular formula is C21H25N3O. The summed E-state index contributed by atoms with van der Waals surface area (Å²) in [6.07, 6.45) is 8.02. The number of amides is 1. The maximum Gasteiger partial charge on any atom is 0.246 e. The van der Waals surface area contributed by atoms with Gasteiger partial charge in [0, 0.05) is 50.7 Å². The van der Waals surface area contributed by atoms with E-state index in [9.17, 15) is 4.79 Å². The van der Waals surface area contributed by atoms with Gasteiger partial charge in [-0.3, -0.25) is 14.7 Å². The zero-order valence-electron chi connectivity index (χ0n) is 14.7. The summed E-state index contributed by atoms with van der Waals surface area (Å²) < 4.78 is 0. The second-order valence-corrected chi connectivity index (χ2v) is 6.57. The van der Waals surface area contributed by atoms with E-state index in [1.807, 2.05) is 29.2 Å². The molecule has 0 spiro atoms. The summed E-state index contributed by atoms with van der Waals surface area (Å²) in [6, 6.07) is 14.5. The van der Waals surface area contributed by atoms with E-state index >= 15 is 0 Å². The molecule has 25 heavy (non-hydrogen) atoms. The number of nitrogens with zero attached hydrogens (tertiary/aromatic N) is 3. The maximum absolute atomic E-state index is 12.6. The van der Waals surface area contributed by atoms with Gasteiger partial charge in [-0.15, -0.1) is 0 Å². The van der Waals surface area contributed by atoms with Gasteiger partial charge < -0.3 is 4.90 Å². The van der Waals surface area contributed by atoms with Crippen molar-refractivity contribution in [3.05, 3.63) is 72.1 Å². The molecule has 2 aromatic rings. The van der Waals surface area contributed by atoms with E-state index in [0.717, 1.165) is 38.2 Å². The molecule has 1 aliphatic heterocycles. The lowest BCUT2D eigenvalue weighted by atomic mass is 10.2. The Bertz CT molecular complexity index is 700. The van der Waals surface area contributed by atoms with E-state index < -0.39 is 0 Å². The van der Waals surface area contributed by atoms with Crippen molar-refractivity contribution in [2.45, 2.75) is 25.9 Å². The molecule has 0 bridgehead atoms. The number of hydrogen-bond acceptors (Lipinski definition) is 3. The molecule has 1 atom stereocenters. The van der Waals surface area contributed by atoms with Gasteiger partial charge in [-0.1, -0.05) is 30.3 Å². The van der Waals surface area contributed by atoms with Crippen molar-refractivity contribution in [2.75, 3.05) is 19.6 Å². The molecule has 1 amide bonds. The number of hydrogen-bond donors (Lipinski definition) is 0. The number of carbonyl (C=O) groups excluding carboxylic acids is 1. The Balaban J connectivity index is 1.60. The van der Waals surface area contributed by atoms with E-state index in [1.54, 1.807) is 18.5 Å². The SMILES string of the molecule is CC1CN(Cc2ccccc2)CCCN1C(=O)C=Cc1ccncc1. The summed E-state index contributed by atoms with van der Waals surface area (Å²) in [4.78, 5) is 21.0. The zero-order valence-corrected chi connectivity index (χ0v) is 14.7. The highest BCUT2D eigenvalue weighted by Gasteiger charge is 2.24. The van der Waals surface area contributed by atoms with Crippen LogP contribution in [0.1, 0.15) is 24.5 Å². The quantitative estimate of drug-likeness (QED) is 0.805. The lowest BCUT2D eigenvalue weighted by Gasteiger charge is -2.28. The Hall–Kier alpha value is -2.46. The van der Waals surface area contributed by atoms with Crippen LogP contribution in [0.5, 0.6) is 0 Å². The lowest BCUT2D eigenvalue weighted by Crippen LogP contribution is -2.41. The van der Waals surface area contributed by atoms with Crippen LogP contribution >= 0.6 is 0 Å². The Morgan fingerprint density at radius 2 is 1.92 bits per heavy atom. The molecular weight excluding hydrogens is 310 g/mol. The Morgan fingerprint density at radius 3 is 2.68 bits per heavy atom. The van der Waals surface area contributed by atoms with E-state index in [1.165, 1.54) is 5.56 Å². The van der Waals surface area contributed by atoms with Crippen LogP contribution in [0.4, 0.5) is 0 Å². The van der Waals surface area contributed by atoms with Gasteiger partial charge in [-0.05, 0) is 42.7 Å². The molecule has 2 heterocycles. The van der Waals surface area contributed by atoms with Gasteiger partial charge in [0.05, 0.1) is 0 Å². The minimum Gasteiger partial charge on any atom is -0.335 e. The highest BCUT2D eigenvalue weighted by molar-refractivity contribution is 5.92. The standard InChI is InChI=1S/C21H25N3O/c1-18-16-23(17-20-6-3-2-4-7-20)14-5-15-24(18)21(25)9-8-19-10-12-22-13-11-19/h2-4,6-13,18H,5,14-17H2,1H3. The first-order valence-corrected chi connectivity index (χ1v) is 8.87. The summed E-state index contributed by atoms with van der Waals surface area (Å²) in [6.45, 7) is 5.83. The molecule has 0 saturated carbocycles. The molecule has 1 fully saturated rings. The van der Waals surface area contributed by atoms with Crippen LogP contribution < -0.4 is 0 Å². The molecule has 1 unspecified atom stereocenters. The Morgan fingerprint density at radius 1 is 1.16 bits per heavy atom. The third-order valence-electron chi connectivity index (χ3n) is 4.58. The first-order chi connectivity index (χ1) is 12.2. The van der Waals surface area contributed by atoms with E-state index in [2.05, 4.69) is 41.1 Å². The predicted molar refractivity (Wildman–Crippen MR) is 101 cm³/mol. The topological polar surface area (TPSA) is 36.4 Å². The van der Waals surface area contributed by atoms with Gasteiger partial charge in [0.2, 0.25) is 5.91 Å². The Kier molecular flexibility index (Phi) is 5.96. The first kappa shape index (κ1) is 17.4. The van der Waals surface area contributed by atoms with Crippen molar-refractivity contribution in [2.24, 2.45) is 0 Å². The summed E-state index contributed by atoms with van der Waals surface area (Å²) >= 11 is 0. The van der Waals surface area contributed by atoms with Gasteiger partial charge in [-0.2, -0.15) is 0 Å². The molecule has 1 saturated heterocycles. The molecule has 0 N–H and O–H groups in total. The van der Waals surface area contributed by atoms with Gasteiger partial charge in [0.1, 0.15) is 0 Å². The minimum atomic E-state index is 0.0888. The van der Waals surface area contributed by atoms with Crippen molar-refractivity contribution >= 4 is 12.0 Å². The zero-order chi connectivity index (χ0) is 17.5. The molecule has 3 rings (SSSR count). The Labute approximate surface area is 149 Å². The van der Waals surface area contributed by atoms with Crippen molar-refractivity contribution in [3.8, 4) is 0 Å². The molecule has 0 aliphatic carbocycles. The minimum absolute atomic E-state index is 0.0888. The van der Waals surface area contributed by atoms with Crippen LogP contribution in [0, 0.1) is 0 Å². The van der Waals surface area contributed by atoms with E-state index in [-0.39, 0.29) is 11.9 Å².